The quantitative estimate of drug-likeness (QED) is 0.374. The van der Waals surface area contributed by atoms with Crippen LogP contribution in [0.5, 0.6) is 11.5 Å². The van der Waals surface area contributed by atoms with Crippen molar-refractivity contribution in [3.8, 4) is 11.5 Å². The minimum absolute atomic E-state index is 0.0403. The fourth-order valence-corrected chi connectivity index (χ4v) is 2.45. The Bertz CT molecular complexity index is 1040. The zero-order chi connectivity index (χ0) is 21.3. The number of para-hydroxylation sites is 2. The third-order valence-electron chi connectivity index (χ3n) is 4.00. The first-order valence-electron chi connectivity index (χ1n) is 8.87. The van der Waals surface area contributed by atoms with Crippen LogP contribution in [0.2, 0.25) is 0 Å². The molecule has 0 saturated carbocycles. The van der Waals surface area contributed by atoms with E-state index in [1.165, 1.54) is 42.8 Å². The van der Waals surface area contributed by atoms with E-state index in [1.807, 2.05) is 0 Å². The van der Waals surface area contributed by atoms with Gasteiger partial charge in [0, 0.05) is 22.3 Å². The summed E-state index contributed by atoms with van der Waals surface area (Å²) in [5, 5.41) is 27.0. The topological polar surface area (TPSA) is 123 Å². The van der Waals surface area contributed by atoms with Crippen LogP contribution >= 0.6 is 0 Å². The molecular formula is C22H18N4O4. The summed E-state index contributed by atoms with van der Waals surface area (Å²) in [7, 11) is 0. The van der Waals surface area contributed by atoms with Gasteiger partial charge in [0.2, 0.25) is 0 Å². The zero-order valence-electron chi connectivity index (χ0n) is 15.7. The summed E-state index contributed by atoms with van der Waals surface area (Å²) in [6.45, 7) is 0. The highest BCUT2D eigenvalue weighted by molar-refractivity contribution is 6.00. The summed E-state index contributed by atoms with van der Waals surface area (Å²) in [5.74, 6) is -0.958. The highest BCUT2D eigenvalue weighted by Crippen LogP contribution is 2.13. The molecule has 0 fully saturated rings. The number of rotatable bonds is 6. The Morgan fingerprint density at radius 1 is 0.667 bits per heavy atom. The van der Waals surface area contributed by atoms with Gasteiger partial charge in [0.25, 0.3) is 11.8 Å². The van der Waals surface area contributed by atoms with Crippen LogP contribution in [-0.2, 0) is 0 Å². The van der Waals surface area contributed by atoms with Gasteiger partial charge in [-0.25, -0.2) is 10.9 Å². The predicted molar refractivity (Wildman–Crippen MR) is 113 cm³/mol. The standard InChI is InChI=1S/C22H18N4O4/c27-19-10-3-1-6-17(19)13-23-25-21(29)15-8-5-9-16(12-15)22(30)26-24-14-18-7-2-4-11-20(18)28/h1-14,27-28H,(H,25,29)(H,26,30). The maximum atomic E-state index is 12.3. The first-order chi connectivity index (χ1) is 14.5. The maximum Gasteiger partial charge on any atom is 0.271 e. The summed E-state index contributed by atoms with van der Waals surface area (Å²) in [5.41, 5.74) is 6.04. The monoisotopic (exact) mass is 402 g/mol. The molecule has 0 radical (unpaired) electrons. The van der Waals surface area contributed by atoms with Gasteiger partial charge in [0.1, 0.15) is 11.5 Å². The second-order valence-electron chi connectivity index (χ2n) is 6.10. The molecule has 3 rings (SSSR count). The number of phenols is 2. The molecule has 0 aromatic heterocycles. The number of carbonyl (C=O) groups is 2. The van der Waals surface area contributed by atoms with E-state index in [4.69, 9.17) is 0 Å². The van der Waals surface area contributed by atoms with E-state index < -0.39 is 11.8 Å². The molecule has 4 N–H and O–H groups in total. The molecule has 8 heteroatoms. The van der Waals surface area contributed by atoms with Gasteiger partial charge < -0.3 is 10.2 Å². The van der Waals surface area contributed by atoms with Crippen LogP contribution in [0.4, 0.5) is 0 Å². The first-order valence-corrected chi connectivity index (χ1v) is 8.87. The summed E-state index contributed by atoms with van der Waals surface area (Å²) < 4.78 is 0. The van der Waals surface area contributed by atoms with Gasteiger partial charge >= 0.3 is 0 Å². The van der Waals surface area contributed by atoms with E-state index in [0.29, 0.717) is 11.1 Å². The van der Waals surface area contributed by atoms with Gasteiger partial charge in [0.15, 0.2) is 0 Å². The van der Waals surface area contributed by atoms with Crippen molar-refractivity contribution in [3.05, 3.63) is 95.1 Å². The molecule has 0 unspecified atom stereocenters. The van der Waals surface area contributed by atoms with E-state index in [0.717, 1.165) is 0 Å². The van der Waals surface area contributed by atoms with Crippen molar-refractivity contribution in [1.82, 2.24) is 10.9 Å². The normalized spacial score (nSPS) is 10.9. The van der Waals surface area contributed by atoms with E-state index >= 15 is 0 Å². The lowest BCUT2D eigenvalue weighted by molar-refractivity contribution is 0.0954. The molecule has 0 saturated heterocycles. The fourth-order valence-electron chi connectivity index (χ4n) is 2.45. The largest absolute Gasteiger partial charge is 0.507 e. The summed E-state index contributed by atoms with van der Waals surface area (Å²) in [6.07, 6.45) is 2.63. The average molecular weight is 402 g/mol. The highest BCUT2D eigenvalue weighted by Gasteiger charge is 2.10. The number of hydrogen-bond donors (Lipinski definition) is 4. The van der Waals surface area contributed by atoms with E-state index in [1.54, 1.807) is 42.5 Å². The number of aromatic hydroxyl groups is 2. The first kappa shape index (κ1) is 20.3. The molecular weight excluding hydrogens is 384 g/mol. The number of nitrogens with one attached hydrogen (secondary N) is 2. The van der Waals surface area contributed by atoms with Crippen LogP contribution in [-0.4, -0.2) is 34.5 Å². The Balaban J connectivity index is 1.62. The number of carbonyl (C=O) groups excluding carboxylic acids is 2. The Labute approximate surface area is 172 Å². The highest BCUT2D eigenvalue weighted by atomic mass is 16.3. The second kappa shape index (κ2) is 9.65. The van der Waals surface area contributed by atoms with Crippen LogP contribution in [0.3, 0.4) is 0 Å². The molecule has 150 valence electrons. The number of nitrogens with zero attached hydrogens (tertiary/aromatic N) is 2. The molecule has 3 aromatic carbocycles. The van der Waals surface area contributed by atoms with Gasteiger partial charge in [0.05, 0.1) is 12.4 Å². The number of hydrogen-bond acceptors (Lipinski definition) is 6. The SMILES string of the molecule is O=C(NN=Cc1ccccc1O)c1cccc(C(=O)NN=Cc2ccccc2O)c1. The summed E-state index contributed by atoms with van der Waals surface area (Å²) in [6, 6.07) is 19.1. The Morgan fingerprint density at radius 2 is 1.10 bits per heavy atom. The Kier molecular flexibility index (Phi) is 6.52. The van der Waals surface area contributed by atoms with Gasteiger partial charge in [-0.3, -0.25) is 9.59 Å². The zero-order valence-corrected chi connectivity index (χ0v) is 15.7. The number of benzene rings is 3. The summed E-state index contributed by atoms with van der Waals surface area (Å²) >= 11 is 0. The van der Waals surface area contributed by atoms with E-state index in [2.05, 4.69) is 21.1 Å². The molecule has 0 aliphatic carbocycles. The third-order valence-corrected chi connectivity index (χ3v) is 4.00. The number of amides is 2. The Hall–Kier alpha value is -4.46. The average Bonchev–Trinajstić information content (AvgIpc) is 2.76. The van der Waals surface area contributed by atoms with Gasteiger partial charge in [-0.15, -0.1) is 0 Å². The van der Waals surface area contributed by atoms with Crippen LogP contribution in [0.15, 0.2) is 83.0 Å². The minimum atomic E-state index is -0.519. The molecule has 0 aliphatic heterocycles. The Morgan fingerprint density at radius 3 is 1.53 bits per heavy atom. The minimum Gasteiger partial charge on any atom is -0.507 e. The molecule has 2 amide bonds. The van der Waals surface area contributed by atoms with Gasteiger partial charge in [-0.1, -0.05) is 30.3 Å². The lowest BCUT2D eigenvalue weighted by Gasteiger charge is -2.04. The summed E-state index contributed by atoms with van der Waals surface area (Å²) in [4.78, 5) is 24.5. The van der Waals surface area contributed by atoms with Crippen molar-refractivity contribution in [1.29, 1.82) is 0 Å². The lowest BCUT2D eigenvalue weighted by atomic mass is 10.1. The van der Waals surface area contributed by atoms with Crippen molar-refractivity contribution < 1.29 is 19.8 Å². The molecule has 0 bridgehead atoms. The number of hydrazone groups is 2. The third kappa shape index (κ3) is 5.29. The van der Waals surface area contributed by atoms with Crippen molar-refractivity contribution in [3.63, 3.8) is 0 Å². The van der Waals surface area contributed by atoms with Crippen molar-refractivity contribution in [2.45, 2.75) is 0 Å². The van der Waals surface area contributed by atoms with E-state index in [9.17, 15) is 19.8 Å². The predicted octanol–water partition coefficient (Wildman–Crippen LogP) is 2.63. The van der Waals surface area contributed by atoms with Crippen molar-refractivity contribution in [2.24, 2.45) is 10.2 Å². The van der Waals surface area contributed by atoms with Crippen LogP contribution in [0.25, 0.3) is 0 Å². The molecule has 0 spiro atoms. The number of phenolic OH excluding ortho intramolecular Hbond substituents is 2. The van der Waals surface area contributed by atoms with Crippen molar-refractivity contribution in [2.75, 3.05) is 0 Å². The van der Waals surface area contributed by atoms with E-state index in [-0.39, 0.29) is 22.6 Å². The maximum absolute atomic E-state index is 12.3. The molecule has 8 nitrogen and oxygen atoms in total. The van der Waals surface area contributed by atoms with Gasteiger partial charge in [-0.2, -0.15) is 10.2 Å². The lowest BCUT2D eigenvalue weighted by Crippen LogP contribution is -2.20. The smallest absolute Gasteiger partial charge is 0.271 e. The molecule has 0 atom stereocenters. The fraction of sp³-hybridized carbons (Fsp3) is 0. The van der Waals surface area contributed by atoms with Crippen LogP contribution < -0.4 is 10.9 Å². The second-order valence-corrected chi connectivity index (χ2v) is 6.10. The van der Waals surface area contributed by atoms with Crippen LogP contribution in [0.1, 0.15) is 31.8 Å². The molecule has 3 aromatic rings. The van der Waals surface area contributed by atoms with Crippen LogP contribution in [0, 0.1) is 0 Å². The molecule has 0 heterocycles. The van der Waals surface area contributed by atoms with Crippen molar-refractivity contribution >= 4 is 24.2 Å². The van der Waals surface area contributed by atoms with Gasteiger partial charge in [-0.05, 0) is 42.5 Å². The molecule has 30 heavy (non-hydrogen) atoms. The molecule has 0 aliphatic rings.